The highest BCUT2D eigenvalue weighted by molar-refractivity contribution is 7.89. The zero-order valence-electron chi connectivity index (χ0n) is 15.4. The second-order valence-corrected chi connectivity index (χ2v) is 8.88. The maximum atomic E-state index is 13.2. The van der Waals surface area contributed by atoms with Crippen molar-refractivity contribution < 1.29 is 13.5 Å². The standard InChI is InChI=1S/C21H18N4O3S/c26-21-18-10-12-24(14-19(18)23-25(21)20-7-3-4-11-22-20)29(27,28)17-9-8-15-5-1-2-6-16(15)13-17/h1-9,11,13,26H,10,12,14H2. The Morgan fingerprint density at radius 3 is 2.55 bits per heavy atom. The number of rotatable bonds is 3. The predicted octanol–water partition coefficient (Wildman–Crippen LogP) is 2.87. The first-order valence-corrected chi connectivity index (χ1v) is 10.7. The lowest BCUT2D eigenvalue weighted by atomic mass is 10.1. The van der Waals surface area contributed by atoms with Gasteiger partial charge >= 0.3 is 0 Å². The molecular weight excluding hydrogens is 388 g/mol. The summed E-state index contributed by atoms with van der Waals surface area (Å²) in [6, 6.07) is 18.1. The van der Waals surface area contributed by atoms with Gasteiger partial charge in [0.05, 0.1) is 17.1 Å². The normalized spacial score (nSPS) is 14.8. The molecule has 1 aliphatic rings. The summed E-state index contributed by atoms with van der Waals surface area (Å²) in [6.07, 6.45) is 2.01. The third kappa shape index (κ3) is 2.97. The Bertz CT molecular complexity index is 1320. The molecule has 29 heavy (non-hydrogen) atoms. The Morgan fingerprint density at radius 2 is 1.76 bits per heavy atom. The quantitative estimate of drug-likeness (QED) is 0.565. The summed E-state index contributed by atoms with van der Waals surface area (Å²) in [5.41, 5.74) is 1.21. The molecule has 1 N–H and O–H groups in total. The summed E-state index contributed by atoms with van der Waals surface area (Å²) in [6.45, 7) is 0.390. The molecule has 0 saturated heterocycles. The average Bonchev–Trinajstić information content (AvgIpc) is 3.10. The number of aromatic hydroxyl groups is 1. The molecule has 2 aromatic heterocycles. The van der Waals surface area contributed by atoms with E-state index in [0.29, 0.717) is 23.5 Å². The molecule has 5 rings (SSSR count). The molecule has 0 saturated carbocycles. The average molecular weight is 406 g/mol. The number of sulfonamides is 1. The van der Waals surface area contributed by atoms with Crippen LogP contribution in [0.1, 0.15) is 11.3 Å². The fourth-order valence-corrected chi connectivity index (χ4v) is 5.11. The molecule has 4 aromatic rings. The number of aromatic nitrogens is 3. The van der Waals surface area contributed by atoms with Crippen molar-refractivity contribution in [1.29, 1.82) is 0 Å². The van der Waals surface area contributed by atoms with Gasteiger partial charge in [-0.25, -0.2) is 13.4 Å². The lowest BCUT2D eigenvalue weighted by Gasteiger charge is -2.25. The topological polar surface area (TPSA) is 88.3 Å². The Hall–Kier alpha value is -3.23. The number of nitrogens with zero attached hydrogens (tertiary/aromatic N) is 4. The van der Waals surface area contributed by atoms with Crippen molar-refractivity contribution >= 4 is 20.8 Å². The van der Waals surface area contributed by atoms with E-state index in [4.69, 9.17) is 0 Å². The van der Waals surface area contributed by atoms with Gasteiger partial charge in [0.15, 0.2) is 5.82 Å². The highest BCUT2D eigenvalue weighted by Gasteiger charge is 2.32. The van der Waals surface area contributed by atoms with Crippen molar-refractivity contribution in [3.05, 3.63) is 78.1 Å². The van der Waals surface area contributed by atoms with Gasteiger partial charge in [0.1, 0.15) is 0 Å². The molecule has 0 atom stereocenters. The van der Waals surface area contributed by atoms with E-state index in [1.54, 1.807) is 36.5 Å². The Labute approximate surface area is 167 Å². The Kier molecular flexibility index (Phi) is 4.11. The molecule has 0 amide bonds. The fraction of sp³-hybridized carbons (Fsp3) is 0.143. The van der Waals surface area contributed by atoms with Crippen molar-refractivity contribution in [2.45, 2.75) is 17.9 Å². The SMILES string of the molecule is O=S(=O)(c1ccc2ccccc2c1)N1CCc2c(nn(-c3ccccn3)c2O)C1. The second kappa shape index (κ2) is 6.68. The Balaban J connectivity index is 1.49. The summed E-state index contributed by atoms with van der Waals surface area (Å²) in [5, 5.41) is 16.8. The van der Waals surface area contributed by atoms with E-state index in [1.807, 2.05) is 30.3 Å². The van der Waals surface area contributed by atoms with Crippen LogP contribution in [0.4, 0.5) is 0 Å². The Morgan fingerprint density at radius 1 is 0.966 bits per heavy atom. The van der Waals surface area contributed by atoms with Crippen LogP contribution >= 0.6 is 0 Å². The van der Waals surface area contributed by atoms with Gasteiger partial charge in [-0.05, 0) is 41.5 Å². The van der Waals surface area contributed by atoms with Gasteiger partial charge < -0.3 is 5.11 Å². The molecule has 0 spiro atoms. The molecule has 2 aromatic carbocycles. The molecule has 0 unspecified atom stereocenters. The largest absolute Gasteiger partial charge is 0.493 e. The van der Waals surface area contributed by atoms with E-state index >= 15 is 0 Å². The molecule has 7 nitrogen and oxygen atoms in total. The van der Waals surface area contributed by atoms with Crippen molar-refractivity contribution in [3.8, 4) is 11.7 Å². The van der Waals surface area contributed by atoms with Gasteiger partial charge in [0.25, 0.3) is 0 Å². The summed E-state index contributed by atoms with van der Waals surface area (Å²) in [5.74, 6) is 0.504. The number of benzene rings is 2. The van der Waals surface area contributed by atoms with E-state index in [2.05, 4.69) is 10.1 Å². The van der Waals surface area contributed by atoms with Crippen LogP contribution in [0.3, 0.4) is 0 Å². The van der Waals surface area contributed by atoms with Crippen LogP contribution in [-0.2, 0) is 23.0 Å². The molecular formula is C21H18N4O3S. The summed E-state index contributed by atoms with van der Waals surface area (Å²) < 4.78 is 29.2. The minimum atomic E-state index is -3.68. The number of fused-ring (bicyclic) bond motifs is 2. The second-order valence-electron chi connectivity index (χ2n) is 6.95. The first-order valence-electron chi connectivity index (χ1n) is 9.24. The van der Waals surface area contributed by atoms with Gasteiger partial charge in [-0.3, -0.25) is 0 Å². The highest BCUT2D eigenvalue weighted by Crippen LogP contribution is 2.32. The van der Waals surface area contributed by atoms with E-state index < -0.39 is 10.0 Å². The van der Waals surface area contributed by atoms with E-state index in [9.17, 15) is 13.5 Å². The van der Waals surface area contributed by atoms with Gasteiger partial charge in [0, 0.05) is 18.3 Å². The summed E-state index contributed by atoms with van der Waals surface area (Å²) in [4.78, 5) is 4.46. The number of pyridine rings is 1. The van der Waals surface area contributed by atoms with Crippen LogP contribution in [-0.4, -0.2) is 39.1 Å². The van der Waals surface area contributed by atoms with Gasteiger partial charge in [-0.1, -0.05) is 36.4 Å². The molecule has 8 heteroatoms. The molecule has 0 aliphatic carbocycles. The minimum absolute atomic E-state index is 0.0152. The van der Waals surface area contributed by atoms with Crippen LogP contribution in [0.25, 0.3) is 16.6 Å². The molecule has 146 valence electrons. The lowest BCUT2D eigenvalue weighted by Crippen LogP contribution is -2.35. The number of hydrogen-bond donors (Lipinski definition) is 1. The van der Waals surface area contributed by atoms with E-state index in [-0.39, 0.29) is 23.9 Å². The highest BCUT2D eigenvalue weighted by atomic mass is 32.2. The molecule has 1 aliphatic heterocycles. The van der Waals surface area contributed by atoms with Crippen LogP contribution in [0.15, 0.2) is 71.8 Å². The third-order valence-electron chi connectivity index (χ3n) is 5.20. The maximum Gasteiger partial charge on any atom is 0.243 e. The minimum Gasteiger partial charge on any atom is -0.493 e. The molecule has 3 heterocycles. The van der Waals surface area contributed by atoms with E-state index in [1.165, 1.54) is 8.99 Å². The summed E-state index contributed by atoms with van der Waals surface area (Å²) in [7, 11) is -3.68. The maximum absolute atomic E-state index is 13.2. The third-order valence-corrected chi connectivity index (χ3v) is 7.04. The van der Waals surface area contributed by atoms with Crippen LogP contribution in [0, 0.1) is 0 Å². The van der Waals surface area contributed by atoms with Crippen molar-refractivity contribution in [1.82, 2.24) is 19.1 Å². The van der Waals surface area contributed by atoms with Crippen molar-refractivity contribution in [3.63, 3.8) is 0 Å². The molecule has 0 fully saturated rings. The van der Waals surface area contributed by atoms with Crippen LogP contribution in [0.2, 0.25) is 0 Å². The smallest absolute Gasteiger partial charge is 0.243 e. The van der Waals surface area contributed by atoms with E-state index in [0.717, 1.165) is 10.8 Å². The van der Waals surface area contributed by atoms with Crippen LogP contribution < -0.4 is 0 Å². The van der Waals surface area contributed by atoms with Gasteiger partial charge in [-0.2, -0.15) is 14.1 Å². The first-order chi connectivity index (χ1) is 14.0. The van der Waals surface area contributed by atoms with Gasteiger partial charge in [-0.15, -0.1) is 0 Å². The zero-order valence-corrected chi connectivity index (χ0v) is 16.2. The van der Waals surface area contributed by atoms with Crippen molar-refractivity contribution in [2.75, 3.05) is 6.54 Å². The molecule has 0 bridgehead atoms. The number of hydrogen-bond acceptors (Lipinski definition) is 5. The lowest BCUT2D eigenvalue weighted by molar-refractivity contribution is 0.381. The monoisotopic (exact) mass is 406 g/mol. The fourth-order valence-electron chi connectivity index (χ4n) is 3.67. The molecule has 0 radical (unpaired) electrons. The van der Waals surface area contributed by atoms with Crippen LogP contribution in [0.5, 0.6) is 5.88 Å². The van der Waals surface area contributed by atoms with Gasteiger partial charge in [0.2, 0.25) is 15.9 Å². The summed E-state index contributed by atoms with van der Waals surface area (Å²) >= 11 is 0. The zero-order chi connectivity index (χ0) is 20.0. The first kappa shape index (κ1) is 17.8. The predicted molar refractivity (Wildman–Crippen MR) is 108 cm³/mol. The van der Waals surface area contributed by atoms with Crippen molar-refractivity contribution in [2.24, 2.45) is 0 Å².